The Bertz CT molecular complexity index is 1000. The Balaban J connectivity index is 1.62. The normalized spacial score (nSPS) is 15.5. The Morgan fingerprint density at radius 2 is 1.75 bits per heavy atom. The van der Waals surface area contributed by atoms with Crippen LogP contribution in [-0.2, 0) is 0 Å². The minimum atomic E-state index is 0.0634. The molecule has 1 amide bonds. The smallest absolute Gasteiger partial charge is 0.253 e. The third-order valence-electron chi connectivity index (χ3n) is 5.19. The standard InChI is InChI=1S/C20H25N7O/c1-13(2)27-12-22-16-17(21)23-18(24-19(16)27)14-4-6-15(7-5-14)20(28)26-10-8-25(3)9-11-26/h4-7,12-13H,8-11H2,1-3H3,(H2,21,23,24). The summed E-state index contributed by atoms with van der Waals surface area (Å²) in [6, 6.07) is 7.63. The van der Waals surface area contributed by atoms with Gasteiger partial charge in [0, 0.05) is 43.3 Å². The second-order valence-corrected chi connectivity index (χ2v) is 7.52. The fourth-order valence-electron chi connectivity index (χ4n) is 3.40. The van der Waals surface area contributed by atoms with Gasteiger partial charge in [-0.3, -0.25) is 4.79 Å². The number of carbonyl (C=O) groups is 1. The van der Waals surface area contributed by atoms with Gasteiger partial charge in [0.15, 0.2) is 17.3 Å². The minimum Gasteiger partial charge on any atom is -0.382 e. The van der Waals surface area contributed by atoms with Crippen LogP contribution in [0.4, 0.5) is 5.82 Å². The van der Waals surface area contributed by atoms with E-state index in [1.807, 2.05) is 33.7 Å². The molecule has 0 spiro atoms. The number of benzene rings is 1. The molecule has 0 unspecified atom stereocenters. The molecule has 3 heterocycles. The Morgan fingerprint density at radius 1 is 1.07 bits per heavy atom. The van der Waals surface area contributed by atoms with Gasteiger partial charge in [0.05, 0.1) is 6.33 Å². The summed E-state index contributed by atoms with van der Waals surface area (Å²) in [4.78, 5) is 30.2. The first-order valence-corrected chi connectivity index (χ1v) is 9.52. The van der Waals surface area contributed by atoms with Crippen molar-refractivity contribution in [2.75, 3.05) is 39.0 Å². The maximum Gasteiger partial charge on any atom is 0.253 e. The fourth-order valence-corrected chi connectivity index (χ4v) is 3.40. The van der Waals surface area contributed by atoms with Gasteiger partial charge in [0.25, 0.3) is 5.91 Å². The third kappa shape index (κ3) is 3.31. The van der Waals surface area contributed by atoms with Crippen molar-refractivity contribution in [3.05, 3.63) is 36.2 Å². The van der Waals surface area contributed by atoms with Gasteiger partial charge in [-0.1, -0.05) is 12.1 Å². The van der Waals surface area contributed by atoms with Crippen molar-refractivity contribution in [2.45, 2.75) is 19.9 Å². The number of nitrogens with two attached hydrogens (primary N) is 1. The first kappa shape index (κ1) is 18.4. The molecule has 1 aliphatic rings. The van der Waals surface area contributed by atoms with Crippen LogP contribution in [0.1, 0.15) is 30.2 Å². The topological polar surface area (TPSA) is 93.2 Å². The number of nitrogens with zero attached hydrogens (tertiary/aromatic N) is 6. The molecular weight excluding hydrogens is 354 g/mol. The van der Waals surface area contributed by atoms with Gasteiger partial charge in [-0.2, -0.15) is 0 Å². The summed E-state index contributed by atoms with van der Waals surface area (Å²) in [6.45, 7) is 7.45. The molecule has 4 rings (SSSR count). The number of imidazole rings is 1. The Labute approximate surface area is 164 Å². The molecule has 2 aromatic heterocycles. The molecule has 146 valence electrons. The van der Waals surface area contributed by atoms with E-state index in [1.165, 1.54) is 0 Å². The molecule has 0 radical (unpaired) electrons. The molecule has 8 nitrogen and oxygen atoms in total. The lowest BCUT2D eigenvalue weighted by Gasteiger charge is -2.32. The van der Waals surface area contributed by atoms with Gasteiger partial charge in [0.2, 0.25) is 0 Å². The van der Waals surface area contributed by atoms with Gasteiger partial charge in [-0.05, 0) is 33.0 Å². The molecule has 0 saturated carbocycles. The fraction of sp³-hybridized carbons (Fsp3) is 0.400. The number of nitrogen functional groups attached to an aromatic ring is 1. The van der Waals surface area contributed by atoms with Crippen molar-refractivity contribution < 1.29 is 4.79 Å². The summed E-state index contributed by atoms with van der Waals surface area (Å²) in [5.74, 6) is 0.955. The quantitative estimate of drug-likeness (QED) is 0.749. The molecule has 0 aliphatic carbocycles. The van der Waals surface area contributed by atoms with Gasteiger partial charge in [-0.25, -0.2) is 15.0 Å². The number of anilines is 1. The molecule has 28 heavy (non-hydrogen) atoms. The Kier molecular flexibility index (Phi) is 4.72. The van der Waals surface area contributed by atoms with Crippen LogP contribution in [0, 0.1) is 0 Å². The number of rotatable bonds is 3. The van der Waals surface area contributed by atoms with Crippen LogP contribution in [-0.4, -0.2) is 68.5 Å². The van der Waals surface area contributed by atoms with E-state index in [2.05, 4.69) is 40.7 Å². The highest BCUT2D eigenvalue weighted by Crippen LogP contribution is 2.24. The van der Waals surface area contributed by atoms with Crippen LogP contribution in [0.2, 0.25) is 0 Å². The highest BCUT2D eigenvalue weighted by molar-refractivity contribution is 5.94. The van der Waals surface area contributed by atoms with Crippen LogP contribution >= 0.6 is 0 Å². The SMILES string of the molecule is CC(C)n1cnc2c(N)nc(-c3ccc(C(=O)N4CCN(C)CC4)cc3)nc21. The summed E-state index contributed by atoms with van der Waals surface area (Å²) in [5.41, 5.74) is 8.93. The molecule has 0 bridgehead atoms. The van der Waals surface area contributed by atoms with Crippen LogP contribution in [0.5, 0.6) is 0 Å². The summed E-state index contributed by atoms with van der Waals surface area (Å²) in [6.07, 6.45) is 1.74. The van der Waals surface area contributed by atoms with E-state index in [1.54, 1.807) is 6.33 Å². The second-order valence-electron chi connectivity index (χ2n) is 7.52. The van der Waals surface area contributed by atoms with E-state index < -0.39 is 0 Å². The van der Waals surface area contributed by atoms with Gasteiger partial charge >= 0.3 is 0 Å². The number of fused-ring (bicyclic) bond motifs is 1. The van der Waals surface area contributed by atoms with Crippen molar-refractivity contribution in [3.8, 4) is 11.4 Å². The number of hydrogen-bond acceptors (Lipinski definition) is 6. The van der Waals surface area contributed by atoms with Gasteiger partial charge in [-0.15, -0.1) is 0 Å². The highest BCUT2D eigenvalue weighted by atomic mass is 16.2. The lowest BCUT2D eigenvalue weighted by atomic mass is 10.1. The third-order valence-corrected chi connectivity index (χ3v) is 5.19. The van der Waals surface area contributed by atoms with Crippen molar-refractivity contribution in [1.82, 2.24) is 29.3 Å². The van der Waals surface area contributed by atoms with Crippen molar-refractivity contribution in [3.63, 3.8) is 0 Å². The van der Waals surface area contributed by atoms with Crippen LogP contribution < -0.4 is 5.73 Å². The summed E-state index contributed by atoms with van der Waals surface area (Å²) in [5, 5.41) is 0. The average Bonchev–Trinajstić information content (AvgIpc) is 3.13. The summed E-state index contributed by atoms with van der Waals surface area (Å²) in [7, 11) is 2.07. The monoisotopic (exact) mass is 379 g/mol. The summed E-state index contributed by atoms with van der Waals surface area (Å²) < 4.78 is 1.97. The maximum absolute atomic E-state index is 12.7. The maximum atomic E-state index is 12.7. The van der Waals surface area contributed by atoms with E-state index in [0.717, 1.165) is 37.4 Å². The van der Waals surface area contributed by atoms with E-state index in [9.17, 15) is 4.79 Å². The van der Waals surface area contributed by atoms with Gasteiger partial charge < -0.3 is 20.1 Å². The molecule has 1 saturated heterocycles. The molecule has 2 N–H and O–H groups in total. The first-order chi connectivity index (χ1) is 13.4. The zero-order valence-electron chi connectivity index (χ0n) is 16.5. The summed E-state index contributed by atoms with van der Waals surface area (Å²) >= 11 is 0. The van der Waals surface area contributed by atoms with Gasteiger partial charge in [0.1, 0.15) is 5.52 Å². The molecule has 1 fully saturated rings. The number of aromatic nitrogens is 4. The molecule has 3 aromatic rings. The predicted molar refractivity (Wildman–Crippen MR) is 109 cm³/mol. The Morgan fingerprint density at radius 3 is 2.39 bits per heavy atom. The average molecular weight is 379 g/mol. The zero-order chi connectivity index (χ0) is 19.8. The zero-order valence-corrected chi connectivity index (χ0v) is 16.5. The largest absolute Gasteiger partial charge is 0.382 e. The Hall–Kier alpha value is -3.00. The molecule has 0 atom stereocenters. The van der Waals surface area contributed by atoms with Crippen molar-refractivity contribution in [2.24, 2.45) is 0 Å². The minimum absolute atomic E-state index is 0.0634. The molecule has 1 aliphatic heterocycles. The lowest BCUT2D eigenvalue weighted by Crippen LogP contribution is -2.47. The molecule has 8 heteroatoms. The number of piperazine rings is 1. The van der Waals surface area contributed by atoms with Crippen LogP contribution in [0.15, 0.2) is 30.6 Å². The number of likely N-dealkylation sites (N-methyl/N-ethyl adjacent to an activating group) is 1. The van der Waals surface area contributed by atoms with E-state index in [-0.39, 0.29) is 11.9 Å². The predicted octanol–water partition coefficient (Wildman–Crippen LogP) is 2.04. The van der Waals surface area contributed by atoms with Crippen LogP contribution in [0.3, 0.4) is 0 Å². The lowest BCUT2D eigenvalue weighted by molar-refractivity contribution is 0.0664. The number of carbonyl (C=O) groups excluding carboxylic acids is 1. The molecule has 1 aromatic carbocycles. The van der Waals surface area contributed by atoms with Crippen molar-refractivity contribution in [1.29, 1.82) is 0 Å². The van der Waals surface area contributed by atoms with Crippen LogP contribution in [0.25, 0.3) is 22.6 Å². The molecular formula is C20H25N7O. The van der Waals surface area contributed by atoms with E-state index in [4.69, 9.17) is 5.73 Å². The highest BCUT2D eigenvalue weighted by Gasteiger charge is 2.20. The van der Waals surface area contributed by atoms with Crippen molar-refractivity contribution >= 4 is 22.9 Å². The second kappa shape index (κ2) is 7.20. The van der Waals surface area contributed by atoms with E-state index >= 15 is 0 Å². The number of amides is 1. The first-order valence-electron chi connectivity index (χ1n) is 9.52. The van der Waals surface area contributed by atoms with E-state index in [0.29, 0.717) is 22.7 Å². The number of hydrogen-bond donors (Lipinski definition) is 1.